The van der Waals surface area contributed by atoms with Crippen molar-refractivity contribution in [1.82, 2.24) is 0 Å². The van der Waals surface area contributed by atoms with Crippen LogP contribution in [0.5, 0.6) is 0 Å². The average Bonchev–Trinajstić information content (AvgIpc) is 2.39. The van der Waals surface area contributed by atoms with Crippen molar-refractivity contribution in [3.8, 4) is 0 Å². The highest BCUT2D eigenvalue weighted by Gasteiger charge is 2.33. The van der Waals surface area contributed by atoms with Crippen LogP contribution in [0.4, 0.5) is 0 Å². The van der Waals surface area contributed by atoms with Gasteiger partial charge in [0.25, 0.3) is 0 Å². The summed E-state index contributed by atoms with van der Waals surface area (Å²) in [6.07, 6.45) is 7.32. The molecule has 0 amide bonds. The highest BCUT2D eigenvalue weighted by Crippen LogP contribution is 2.35. The molecular formula is C17H26NO2+. The van der Waals surface area contributed by atoms with Crippen molar-refractivity contribution in [2.45, 2.75) is 52.7 Å². The Hall–Kier alpha value is -1.38. The van der Waals surface area contributed by atoms with Crippen molar-refractivity contribution < 1.29 is 14.1 Å². The van der Waals surface area contributed by atoms with Crippen LogP contribution >= 0.6 is 0 Å². The van der Waals surface area contributed by atoms with E-state index in [1.165, 1.54) is 12.8 Å². The molecule has 3 nitrogen and oxygen atoms in total. The van der Waals surface area contributed by atoms with Crippen LogP contribution in [0, 0.1) is 17.8 Å². The van der Waals surface area contributed by atoms with Crippen molar-refractivity contribution in [3.63, 3.8) is 0 Å². The third kappa shape index (κ3) is 4.06. The molecule has 0 saturated heterocycles. The molecule has 20 heavy (non-hydrogen) atoms. The van der Waals surface area contributed by atoms with Gasteiger partial charge in [-0.25, -0.2) is 4.79 Å². The van der Waals surface area contributed by atoms with Crippen LogP contribution in [0.15, 0.2) is 30.6 Å². The largest absolute Gasteiger partial charge is 0.457 e. The maximum Gasteiger partial charge on any atom is 0.372 e. The van der Waals surface area contributed by atoms with Crippen LogP contribution in [0.2, 0.25) is 0 Å². The van der Waals surface area contributed by atoms with Crippen LogP contribution in [0.25, 0.3) is 0 Å². The molecule has 1 aromatic rings. The van der Waals surface area contributed by atoms with Gasteiger partial charge in [-0.3, -0.25) is 0 Å². The van der Waals surface area contributed by atoms with E-state index in [0.717, 1.165) is 6.42 Å². The Labute approximate surface area is 122 Å². The lowest BCUT2D eigenvalue weighted by atomic mass is 9.75. The molecule has 0 bridgehead atoms. The number of hydrogen-bond acceptors (Lipinski definition) is 2. The van der Waals surface area contributed by atoms with Gasteiger partial charge in [-0.15, -0.1) is 0 Å². The minimum absolute atomic E-state index is 0.0931. The number of ether oxygens (including phenoxy) is 1. The fourth-order valence-corrected chi connectivity index (χ4v) is 3.15. The van der Waals surface area contributed by atoms with Gasteiger partial charge < -0.3 is 4.74 Å². The maximum absolute atomic E-state index is 12.1. The molecule has 0 radical (unpaired) electrons. The Balaban J connectivity index is 1.94. The minimum Gasteiger partial charge on any atom is -0.457 e. The Morgan fingerprint density at radius 1 is 1.25 bits per heavy atom. The molecule has 1 aliphatic rings. The van der Waals surface area contributed by atoms with Gasteiger partial charge in [-0.05, 0) is 30.6 Å². The minimum atomic E-state index is -0.119. The quantitative estimate of drug-likeness (QED) is 0.625. The van der Waals surface area contributed by atoms with Gasteiger partial charge in [0.05, 0.1) is 0 Å². The summed E-state index contributed by atoms with van der Waals surface area (Å²) in [5, 5.41) is 0. The summed E-state index contributed by atoms with van der Waals surface area (Å²) in [5.41, 5.74) is 0. The van der Waals surface area contributed by atoms with E-state index in [9.17, 15) is 4.79 Å². The summed E-state index contributed by atoms with van der Waals surface area (Å²) in [6, 6.07) is 5.79. The third-order valence-corrected chi connectivity index (χ3v) is 4.33. The summed E-state index contributed by atoms with van der Waals surface area (Å²) in [4.78, 5) is 12.1. The first kappa shape index (κ1) is 15.0. The number of esters is 1. The van der Waals surface area contributed by atoms with Gasteiger partial charge in [-0.2, -0.15) is 4.57 Å². The molecule has 1 aliphatic carbocycles. The molecule has 1 heterocycles. The second kappa shape index (κ2) is 6.87. The van der Waals surface area contributed by atoms with E-state index in [2.05, 4.69) is 20.8 Å². The van der Waals surface area contributed by atoms with Gasteiger partial charge in [0, 0.05) is 12.1 Å². The number of pyridine rings is 1. The molecule has 2 rings (SSSR count). The first-order valence-corrected chi connectivity index (χ1v) is 7.70. The predicted molar refractivity (Wildman–Crippen MR) is 77.9 cm³/mol. The zero-order valence-corrected chi connectivity index (χ0v) is 12.8. The molecule has 1 saturated carbocycles. The predicted octanol–water partition coefficient (Wildman–Crippen LogP) is 2.98. The van der Waals surface area contributed by atoms with Crippen LogP contribution in [-0.2, 0) is 16.1 Å². The van der Waals surface area contributed by atoms with Crippen molar-refractivity contribution in [1.29, 1.82) is 0 Å². The molecule has 0 unspecified atom stereocenters. The standard InChI is InChI=1S/C17H26NO2/c1-13(2)15-8-7-14(3)11-16(15)20-17(19)12-18-9-5-4-6-10-18/h4-6,9-10,13-16H,7-8,11-12H2,1-3H3/q+1/t14-,15-,16+/m0/s1. The summed E-state index contributed by atoms with van der Waals surface area (Å²) >= 11 is 0. The summed E-state index contributed by atoms with van der Waals surface area (Å²) < 4.78 is 7.64. The first-order valence-electron chi connectivity index (χ1n) is 7.70. The van der Waals surface area contributed by atoms with E-state index in [0.29, 0.717) is 24.3 Å². The lowest BCUT2D eigenvalue weighted by Crippen LogP contribution is -2.42. The summed E-state index contributed by atoms with van der Waals surface area (Å²) in [7, 11) is 0. The fourth-order valence-electron chi connectivity index (χ4n) is 3.15. The second-order valence-corrected chi connectivity index (χ2v) is 6.40. The van der Waals surface area contributed by atoms with Crippen LogP contribution in [-0.4, -0.2) is 12.1 Å². The molecule has 0 spiro atoms. The highest BCUT2D eigenvalue weighted by atomic mass is 16.5. The van der Waals surface area contributed by atoms with Gasteiger partial charge >= 0.3 is 5.97 Å². The van der Waals surface area contributed by atoms with Crippen molar-refractivity contribution in [2.75, 3.05) is 0 Å². The normalized spacial score (nSPS) is 26.5. The highest BCUT2D eigenvalue weighted by molar-refractivity contribution is 5.67. The van der Waals surface area contributed by atoms with Crippen LogP contribution < -0.4 is 4.57 Å². The third-order valence-electron chi connectivity index (χ3n) is 4.33. The van der Waals surface area contributed by atoms with Gasteiger partial charge in [-0.1, -0.05) is 33.3 Å². The number of hydrogen-bond donors (Lipinski definition) is 0. The molecule has 0 aromatic carbocycles. The Morgan fingerprint density at radius 2 is 1.95 bits per heavy atom. The van der Waals surface area contributed by atoms with Crippen molar-refractivity contribution in [3.05, 3.63) is 30.6 Å². The number of carbonyl (C=O) groups is 1. The van der Waals surface area contributed by atoms with Gasteiger partial charge in [0.15, 0.2) is 12.4 Å². The average molecular weight is 276 g/mol. The van der Waals surface area contributed by atoms with Crippen molar-refractivity contribution >= 4 is 5.97 Å². The number of aromatic nitrogens is 1. The van der Waals surface area contributed by atoms with E-state index in [1.807, 2.05) is 35.2 Å². The first-order chi connectivity index (χ1) is 9.56. The molecular weight excluding hydrogens is 250 g/mol. The Bertz CT molecular complexity index is 430. The van der Waals surface area contributed by atoms with Crippen molar-refractivity contribution in [2.24, 2.45) is 17.8 Å². The van der Waals surface area contributed by atoms with E-state index >= 15 is 0 Å². The molecule has 1 fully saturated rings. The maximum atomic E-state index is 12.1. The molecule has 0 aliphatic heterocycles. The van der Waals surface area contributed by atoms with E-state index < -0.39 is 0 Å². The zero-order valence-electron chi connectivity index (χ0n) is 12.8. The van der Waals surface area contributed by atoms with Gasteiger partial charge in [0.2, 0.25) is 6.54 Å². The SMILES string of the molecule is CC(C)[C@@H]1CC[C@H](C)C[C@H]1OC(=O)C[n+]1ccccc1. The Kier molecular flexibility index (Phi) is 5.16. The lowest BCUT2D eigenvalue weighted by molar-refractivity contribution is -0.686. The van der Waals surface area contributed by atoms with E-state index in [1.54, 1.807) is 0 Å². The topological polar surface area (TPSA) is 30.2 Å². The number of carbonyl (C=O) groups excluding carboxylic acids is 1. The zero-order chi connectivity index (χ0) is 14.5. The Morgan fingerprint density at radius 3 is 2.60 bits per heavy atom. The van der Waals surface area contributed by atoms with E-state index in [-0.39, 0.29) is 12.1 Å². The van der Waals surface area contributed by atoms with Gasteiger partial charge in [0.1, 0.15) is 6.10 Å². The smallest absolute Gasteiger partial charge is 0.372 e. The number of rotatable bonds is 4. The van der Waals surface area contributed by atoms with Crippen LogP contribution in [0.1, 0.15) is 40.0 Å². The lowest BCUT2D eigenvalue weighted by Gasteiger charge is -2.36. The summed E-state index contributed by atoms with van der Waals surface area (Å²) in [5.74, 6) is 1.62. The van der Waals surface area contributed by atoms with Crippen LogP contribution in [0.3, 0.4) is 0 Å². The monoisotopic (exact) mass is 276 g/mol. The second-order valence-electron chi connectivity index (χ2n) is 6.40. The molecule has 1 aromatic heterocycles. The molecule has 0 N–H and O–H groups in total. The molecule has 3 heteroatoms. The fraction of sp³-hybridized carbons (Fsp3) is 0.647. The van der Waals surface area contributed by atoms with E-state index in [4.69, 9.17) is 4.74 Å². The summed E-state index contributed by atoms with van der Waals surface area (Å²) in [6.45, 7) is 7.01. The number of nitrogens with zero attached hydrogens (tertiary/aromatic N) is 1. The molecule has 110 valence electrons. The molecule has 3 atom stereocenters.